The van der Waals surface area contributed by atoms with Crippen LogP contribution in [-0.4, -0.2) is 41.6 Å². The molecular formula is C20H20F3N5O3. The van der Waals surface area contributed by atoms with Gasteiger partial charge in [-0.05, 0) is 37.6 Å². The van der Waals surface area contributed by atoms with Gasteiger partial charge in [0.25, 0.3) is 18.4 Å². The Balaban J connectivity index is 1.79. The number of amidine groups is 1. The molecule has 8 nitrogen and oxygen atoms in total. The second-order valence-electron chi connectivity index (χ2n) is 6.82. The molecule has 1 amide bonds. The normalized spacial score (nSPS) is 18.1. The Labute approximate surface area is 176 Å². The van der Waals surface area contributed by atoms with Crippen LogP contribution in [0.2, 0.25) is 0 Å². The number of amides is 1. The molecule has 2 heterocycles. The van der Waals surface area contributed by atoms with Crippen molar-refractivity contribution in [2.24, 2.45) is 10.7 Å². The molecule has 0 unspecified atom stereocenters. The zero-order chi connectivity index (χ0) is 22.6. The first-order chi connectivity index (χ1) is 14.7. The number of rotatable bonds is 7. The molecule has 1 aliphatic rings. The number of hydrogen-bond donors (Lipinski definition) is 2. The molecule has 11 heteroatoms. The number of hydrogen-bond acceptors (Lipinski definition) is 7. The van der Waals surface area contributed by atoms with Crippen molar-refractivity contribution in [2.45, 2.75) is 25.8 Å². The lowest BCUT2D eigenvalue weighted by Crippen LogP contribution is -2.30. The highest BCUT2D eigenvalue weighted by Gasteiger charge is 2.30. The number of aromatic nitrogens is 2. The quantitative estimate of drug-likeness (QED) is 0.691. The number of alkyl halides is 3. The van der Waals surface area contributed by atoms with Crippen LogP contribution in [0.4, 0.5) is 18.9 Å². The number of halogens is 3. The van der Waals surface area contributed by atoms with Gasteiger partial charge in [0.1, 0.15) is 23.7 Å². The number of benzene rings is 1. The first kappa shape index (κ1) is 22.1. The number of allylic oxidation sites excluding steroid dienone is 1. The largest absolute Gasteiger partial charge is 0.470 e. The molecule has 2 aromatic rings. The van der Waals surface area contributed by atoms with Gasteiger partial charge >= 0.3 is 0 Å². The minimum atomic E-state index is -2.65. The van der Waals surface area contributed by atoms with E-state index in [1.54, 1.807) is 31.2 Å². The van der Waals surface area contributed by atoms with E-state index >= 15 is 0 Å². The van der Waals surface area contributed by atoms with E-state index in [1.807, 2.05) is 0 Å². The van der Waals surface area contributed by atoms with Crippen LogP contribution in [0.15, 0.2) is 47.3 Å². The van der Waals surface area contributed by atoms with Crippen LogP contribution >= 0.6 is 0 Å². The van der Waals surface area contributed by atoms with Gasteiger partial charge in [0.05, 0.1) is 11.9 Å². The molecule has 31 heavy (non-hydrogen) atoms. The zero-order valence-electron chi connectivity index (χ0n) is 16.7. The molecule has 0 bridgehead atoms. The molecular weight excluding hydrogens is 415 g/mol. The molecule has 1 atom stereocenters. The fraction of sp³-hybridized carbons (Fsp3) is 0.300. The van der Waals surface area contributed by atoms with E-state index < -0.39 is 31.2 Å². The number of carbonyl (C=O) groups excluding carboxylic acids is 1. The summed E-state index contributed by atoms with van der Waals surface area (Å²) in [5, 5.41) is 2.69. The Hall–Kier alpha value is -3.63. The Kier molecular flexibility index (Phi) is 6.42. The summed E-state index contributed by atoms with van der Waals surface area (Å²) in [6, 6.07) is 6.60. The number of aliphatic imine (C=N–C) groups is 1. The Morgan fingerprint density at radius 3 is 2.84 bits per heavy atom. The molecule has 0 spiro atoms. The van der Waals surface area contributed by atoms with E-state index in [4.69, 9.17) is 15.2 Å². The van der Waals surface area contributed by atoms with Gasteiger partial charge in [-0.25, -0.2) is 28.1 Å². The average Bonchev–Trinajstić information content (AvgIpc) is 2.71. The third-order valence-electron chi connectivity index (χ3n) is 4.35. The molecule has 164 valence electrons. The molecule has 3 rings (SSSR count). The standard InChI is InChI=1S/C20H20F3N5O3/c1-11-17(25-9-16(26-11)30-10-15(22)23)18(29)27-13-5-3-4-12(6-13)20(2)7-14(8-21)31-19(24)28-20/h3-7,9,15H,8,10H2,1-2H3,(H2,24,28)(H,27,29)/t20-/m0/s1. The molecule has 0 radical (unpaired) electrons. The topological polar surface area (TPSA) is 112 Å². The van der Waals surface area contributed by atoms with Crippen LogP contribution in [0.25, 0.3) is 0 Å². The van der Waals surface area contributed by atoms with Gasteiger partial charge in [-0.3, -0.25) is 4.79 Å². The van der Waals surface area contributed by atoms with E-state index in [-0.39, 0.29) is 29.0 Å². The molecule has 0 fully saturated rings. The van der Waals surface area contributed by atoms with E-state index in [0.717, 1.165) is 6.20 Å². The van der Waals surface area contributed by atoms with Gasteiger partial charge in [-0.15, -0.1) is 0 Å². The highest BCUT2D eigenvalue weighted by atomic mass is 19.3. The van der Waals surface area contributed by atoms with Crippen molar-refractivity contribution < 1.29 is 27.4 Å². The Morgan fingerprint density at radius 1 is 1.39 bits per heavy atom. The maximum absolute atomic E-state index is 13.1. The van der Waals surface area contributed by atoms with Crippen molar-refractivity contribution >= 4 is 17.6 Å². The highest BCUT2D eigenvalue weighted by Crippen LogP contribution is 2.33. The van der Waals surface area contributed by atoms with Crippen molar-refractivity contribution in [3.63, 3.8) is 0 Å². The van der Waals surface area contributed by atoms with E-state index in [1.165, 1.54) is 13.0 Å². The van der Waals surface area contributed by atoms with Crippen LogP contribution in [0.1, 0.15) is 28.7 Å². The summed E-state index contributed by atoms with van der Waals surface area (Å²) in [5.41, 5.74) is 5.97. The average molecular weight is 435 g/mol. The highest BCUT2D eigenvalue weighted by molar-refractivity contribution is 6.03. The molecule has 0 saturated heterocycles. The number of carbonyl (C=O) groups is 1. The van der Waals surface area contributed by atoms with Crippen molar-refractivity contribution in [2.75, 3.05) is 18.6 Å². The number of ether oxygens (including phenoxy) is 2. The van der Waals surface area contributed by atoms with Gasteiger partial charge in [0.2, 0.25) is 5.88 Å². The number of anilines is 1. The van der Waals surface area contributed by atoms with Crippen LogP contribution in [0.5, 0.6) is 5.88 Å². The van der Waals surface area contributed by atoms with Crippen LogP contribution in [0.3, 0.4) is 0 Å². The summed E-state index contributed by atoms with van der Waals surface area (Å²) in [6.45, 7) is 1.59. The van der Waals surface area contributed by atoms with E-state index in [0.29, 0.717) is 11.3 Å². The van der Waals surface area contributed by atoms with Crippen molar-refractivity contribution in [3.05, 3.63) is 59.2 Å². The molecule has 0 aliphatic carbocycles. The molecule has 0 saturated carbocycles. The predicted octanol–water partition coefficient (Wildman–Crippen LogP) is 3.09. The summed E-state index contributed by atoms with van der Waals surface area (Å²) >= 11 is 0. The van der Waals surface area contributed by atoms with Gasteiger partial charge < -0.3 is 20.5 Å². The van der Waals surface area contributed by atoms with Crippen molar-refractivity contribution in [1.82, 2.24) is 9.97 Å². The smallest absolute Gasteiger partial charge is 0.288 e. The fourth-order valence-corrected chi connectivity index (χ4v) is 2.98. The lowest BCUT2D eigenvalue weighted by molar-refractivity contribution is 0.0791. The van der Waals surface area contributed by atoms with Crippen molar-refractivity contribution in [3.8, 4) is 5.88 Å². The summed E-state index contributed by atoms with van der Waals surface area (Å²) in [5.74, 6) is -0.609. The minimum absolute atomic E-state index is 0.00829. The van der Waals surface area contributed by atoms with Gasteiger partial charge in [0.15, 0.2) is 6.61 Å². The number of nitrogens with zero attached hydrogens (tertiary/aromatic N) is 3. The maximum Gasteiger partial charge on any atom is 0.288 e. The summed E-state index contributed by atoms with van der Waals surface area (Å²) in [6.07, 6.45) is -0.0340. The molecule has 1 aromatic heterocycles. The molecule has 1 aliphatic heterocycles. The third kappa shape index (κ3) is 5.30. The SMILES string of the molecule is Cc1nc(OCC(F)F)cnc1C(=O)Nc1cccc([C@]2(C)C=C(CF)OC(N)=N2)c1. The number of nitrogens with two attached hydrogens (primary N) is 1. The minimum Gasteiger partial charge on any atom is -0.470 e. The summed E-state index contributed by atoms with van der Waals surface area (Å²) < 4.78 is 47.4. The maximum atomic E-state index is 13.1. The van der Waals surface area contributed by atoms with Gasteiger partial charge in [0, 0.05) is 5.69 Å². The monoisotopic (exact) mass is 435 g/mol. The first-order valence-electron chi connectivity index (χ1n) is 9.17. The van der Waals surface area contributed by atoms with Crippen LogP contribution in [0, 0.1) is 6.92 Å². The van der Waals surface area contributed by atoms with E-state index in [2.05, 4.69) is 20.3 Å². The number of aryl methyl sites for hydroxylation is 1. The lowest BCUT2D eigenvalue weighted by Gasteiger charge is -2.27. The molecule has 3 N–H and O–H groups in total. The lowest BCUT2D eigenvalue weighted by atomic mass is 9.91. The summed E-state index contributed by atoms with van der Waals surface area (Å²) in [7, 11) is 0. The Bertz CT molecular complexity index is 1040. The Morgan fingerprint density at radius 2 is 2.16 bits per heavy atom. The zero-order valence-corrected chi connectivity index (χ0v) is 16.7. The number of nitrogens with one attached hydrogen (secondary N) is 1. The fourth-order valence-electron chi connectivity index (χ4n) is 2.98. The second-order valence-corrected chi connectivity index (χ2v) is 6.82. The van der Waals surface area contributed by atoms with Crippen LogP contribution < -0.4 is 15.8 Å². The summed E-state index contributed by atoms with van der Waals surface area (Å²) in [4.78, 5) is 24.8. The first-order valence-corrected chi connectivity index (χ1v) is 9.17. The second kappa shape index (κ2) is 9.02. The van der Waals surface area contributed by atoms with Crippen LogP contribution in [-0.2, 0) is 10.3 Å². The third-order valence-corrected chi connectivity index (χ3v) is 4.35. The molecule has 1 aromatic carbocycles. The predicted molar refractivity (Wildman–Crippen MR) is 107 cm³/mol. The van der Waals surface area contributed by atoms with Crippen molar-refractivity contribution in [1.29, 1.82) is 0 Å². The van der Waals surface area contributed by atoms with Gasteiger partial charge in [-0.2, -0.15) is 0 Å². The van der Waals surface area contributed by atoms with E-state index in [9.17, 15) is 18.0 Å². The van der Waals surface area contributed by atoms with Gasteiger partial charge in [-0.1, -0.05) is 12.1 Å².